The summed E-state index contributed by atoms with van der Waals surface area (Å²) in [6.07, 6.45) is 3.56. The molecule has 0 bridgehead atoms. The summed E-state index contributed by atoms with van der Waals surface area (Å²) in [7, 11) is 0. The van der Waals surface area contributed by atoms with E-state index < -0.39 is 0 Å². The fraction of sp³-hybridized carbons (Fsp3) is 0.231. The van der Waals surface area contributed by atoms with Gasteiger partial charge < -0.3 is 4.74 Å². The summed E-state index contributed by atoms with van der Waals surface area (Å²) in [6.45, 7) is 0. The van der Waals surface area contributed by atoms with E-state index in [0.29, 0.717) is 5.88 Å². The van der Waals surface area contributed by atoms with Gasteiger partial charge in [0.05, 0.1) is 5.92 Å². The Hall–Kier alpha value is -1.90. The summed E-state index contributed by atoms with van der Waals surface area (Å²) >= 11 is 0. The Kier molecular flexibility index (Phi) is 2.10. The quantitative estimate of drug-likeness (QED) is 0.719. The van der Waals surface area contributed by atoms with Crippen molar-refractivity contribution < 1.29 is 9.53 Å². The summed E-state index contributed by atoms with van der Waals surface area (Å²) in [4.78, 5) is 15.7. The molecule has 2 aromatic rings. The summed E-state index contributed by atoms with van der Waals surface area (Å²) < 4.78 is 5.30. The number of carbonyl (C=O) groups excluding carboxylic acids is 1. The number of ether oxygens (including phenoxy) is 1. The van der Waals surface area contributed by atoms with Crippen LogP contribution in [0.1, 0.15) is 12.8 Å². The largest absolute Gasteiger partial charge is 0.407 e. The maximum atomic E-state index is 11.6. The fourth-order valence-electron chi connectivity index (χ4n) is 1.67. The van der Waals surface area contributed by atoms with Crippen LogP contribution in [0, 0.1) is 5.92 Å². The van der Waals surface area contributed by atoms with Crippen molar-refractivity contribution in [3.05, 3.63) is 36.5 Å². The fourth-order valence-corrected chi connectivity index (χ4v) is 1.67. The number of hydrogen-bond acceptors (Lipinski definition) is 3. The molecule has 0 aliphatic heterocycles. The van der Waals surface area contributed by atoms with Crippen molar-refractivity contribution in [1.29, 1.82) is 0 Å². The van der Waals surface area contributed by atoms with E-state index >= 15 is 0 Å². The number of nitrogens with zero attached hydrogens (tertiary/aromatic N) is 1. The van der Waals surface area contributed by atoms with Crippen LogP contribution in [0.15, 0.2) is 36.5 Å². The van der Waals surface area contributed by atoms with Crippen LogP contribution in [0.2, 0.25) is 0 Å². The molecule has 0 N–H and O–H groups in total. The van der Waals surface area contributed by atoms with Crippen molar-refractivity contribution in [3.63, 3.8) is 0 Å². The van der Waals surface area contributed by atoms with Crippen LogP contribution in [0.3, 0.4) is 0 Å². The number of esters is 1. The lowest BCUT2D eigenvalue weighted by atomic mass is 10.2. The number of hydrogen-bond donors (Lipinski definition) is 0. The molecule has 0 saturated heterocycles. The molecule has 16 heavy (non-hydrogen) atoms. The molecular formula is C13H11NO2. The first-order chi connectivity index (χ1) is 7.84. The number of rotatable bonds is 2. The van der Waals surface area contributed by atoms with Gasteiger partial charge >= 0.3 is 5.97 Å². The SMILES string of the molecule is O=C(Oc1nccc2ccccc12)C1CC1. The normalized spacial score (nSPS) is 15.0. The third-order valence-electron chi connectivity index (χ3n) is 2.75. The van der Waals surface area contributed by atoms with E-state index in [2.05, 4.69) is 4.98 Å². The predicted molar refractivity (Wildman–Crippen MR) is 60.1 cm³/mol. The van der Waals surface area contributed by atoms with Crippen molar-refractivity contribution in [1.82, 2.24) is 4.98 Å². The Morgan fingerprint density at radius 2 is 2.06 bits per heavy atom. The molecule has 3 rings (SSSR count). The standard InChI is InChI=1S/C13H11NO2/c15-13(10-5-6-10)16-12-11-4-2-1-3-9(11)7-8-14-12/h1-4,7-8,10H,5-6H2. The molecule has 1 fully saturated rings. The van der Waals surface area contributed by atoms with Gasteiger partial charge in [0, 0.05) is 11.6 Å². The molecule has 0 radical (unpaired) electrons. The van der Waals surface area contributed by atoms with Gasteiger partial charge in [-0.3, -0.25) is 4.79 Å². The molecule has 1 aliphatic carbocycles. The zero-order chi connectivity index (χ0) is 11.0. The number of pyridine rings is 1. The van der Waals surface area contributed by atoms with E-state index in [-0.39, 0.29) is 11.9 Å². The molecule has 3 nitrogen and oxygen atoms in total. The van der Waals surface area contributed by atoms with Crippen molar-refractivity contribution in [2.45, 2.75) is 12.8 Å². The third kappa shape index (κ3) is 1.65. The van der Waals surface area contributed by atoms with E-state index in [1.807, 2.05) is 30.3 Å². The molecule has 1 aliphatic rings. The van der Waals surface area contributed by atoms with Gasteiger partial charge in [-0.2, -0.15) is 0 Å². The highest BCUT2D eigenvalue weighted by molar-refractivity contribution is 5.89. The molecule has 80 valence electrons. The average Bonchev–Trinajstić information content (AvgIpc) is 3.13. The van der Waals surface area contributed by atoms with E-state index in [4.69, 9.17) is 4.74 Å². The third-order valence-corrected chi connectivity index (χ3v) is 2.75. The predicted octanol–water partition coefficient (Wildman–Crippen LogP) is 2.55. The van der Waals surface area contributed by atoms with Crippen LogP contribution in [0.25, 0.3) is 10.8 Å². The smallest absolute Gasteiger partial charge is 0.315 e. The molecule has 1 aromatic heterocycles. The van der Waals surface area contributed by atoms with Crippen LogP contribution in [0.5, 0.6) is 5.88 Å². The summed E-state index contributed by atoms with van der Waals surface area (Å²) in [6, 6.07) is 9.67. The number of carbonyl (C=O) groups is 1. The van der Waals surface area contributed by atoms with Gasteiger partial charge in [-0.1, -0.05) is 18.2 Å². The molecule has 0 spiro atoms. The Morgan fingerprint density at radius 1 is 1.25 bits per heavy atom. The zero-order valence-corrected chi connectivity index (χ0v) is 8.72. The number of benzene rings is 1. The minimum atomic E-state index is -0.149. The van der Waals surface area contributed by atoms with E-state index in [1.54, 1.807) is 6.20 Å². The minimum Gasteiger partial charge on any atom is -0.407 e. The Balaban J connectivity index is 1.99. The van der Waals surface area contributed by atoms with Gasteiger partial charge in [-0.05, 0) is 30.4 Å². The highest BCUT2D eigenvalue weighted by Gasteiger charge is 2.32. The minimum absolute atomic E-state index is 0.0979. The number of aromatic nitrogens is 1. The van der Waals surface area contributed by atoms with E-state index in [1.165, 1.54) is 0 Å². The van der Waals surface area contributed by atoms with Gasteiger partial charge in [-0.25, -0.2) is 4.98 Å². The highest BCUT2D eigenvalue weighted by atomic mass is 16.5. The second-order valence-corrected chi connectivity index (χ2v) is 4.03. The van der Waals surface area contributed by atoms with Gasteiger partial charge in [0.2, 0.25) is 5.88 Å². The van der Waals surface area contributed by atoms with Gasteiger partial charge in [0.25, 0.3) is 0 Å². The van der Waals surface area contributed by atoms with Crippen LogP contribution in [-0.4, -0.2) is 11.0 Å². The second kappa shape index (κ2) is 3.59. The summed E-state index contributed by atoms with van der Waals surface area (Å²) in [5.74, 6) is 0.375. The zero-order valence-electron chi connectivity index (χ0n) is 8.72. The summed E-state index contributed by atoms with van der Waals surface area (Å²) in [5.41, 5.74) is 0. The maximum Gasteiger partial charge on any atom is 0.315 e. The lowest BCUT2D eigenvalue weighted by molar-refractivity contribution is -0.135. The van der Waals surface area contributed by atoms with Crippen molar-refractivity contribution in [2.75, 3.05) is 0 Å². The van der Waals surface area contributed by atoms with Crippen molar-refractivity contribution in [2.24, 2.45) is 5.92 Å². The van der Waals surface area contributed by atoms with E-state index in [0.717, 1.165) is 23.6 Å². The first kappa shape index (κ1) is 9.33. The molecular weight excluding hydrogens is 202 g/mol. The lowest BCUT2D eigenvalue weighted by Crippen LogP contribution is -2.10. The van der Waals surface area contributed by atoms with Crippen LogP contribution in [0.4, 0.5) is 0 Å². The van der Waals surface area contributed by atoms with Gasteiger partial charge in [-0.15, -0.1) is 0 Å². The molecule has 3 heteroatoms. The second-order valence-electron chi connectivity index (χ2n) is 4.03. The van der Waals surface area contributed by atoms with Crippen LogP contribution < -0.4 is 4.74 Å². The monoisotopic (exact) mass is 213 g/mol. The first-order valence-corrected chi connectivity index (χ1v) is 5.40. The Morgan fingerprint density at radius 3 is 2.88 bits per heavy atom. The van der Waals surface area contributed by atoms with Gasteiger partial charge in [0.1, 0.15) is 0 Å². The lowest BCUT2D eigenvalue weighted by Gasteiger charge is -2.05. The topological polar surface area (TPSA) is 39.2 Å². The van der Waals surface area contributed by atoms with E-state index in [9.17, 15) is 4.79 Å². The molecule has 0 atom stereocenters. The Bertz CT molecular complexity index is 541. The van der Waals surface area contributed by atoms with Gasteiger partial charge in [0.15, 0.2) is 0 Å². The van der Waals surface area contributed by atoms with Crippen LogP contribution >= 0.6 is 0 Å². The van der Waals surface area contributed by atoms with Crippen molar-refractivity contribution >= 4 is 16.7 Å². The molecule has 0 unspecified atom stereocenters. The molecule has 1 heterocycles. The highest BCUT2D eigenvalue weighted by Crippen LogP contribution is 2.31. The maximum absolute atomic E-state index is 11.6. The average molecular weight is 213 g/mol. The first-order valence-electron chi connectivity index (χ1n) is 5.40. The van der Waals surface area contributed by atoms with Crippen molar-refractivity contribution in [3.8, 4) is 5.88 Å². The molecule has 1 saturated carbocycles. The number of fused-ring (bicyclic) bond motifs is 1. The molecule has 0 amide bonds. The Labute approximate surface area is 93.1 Å². The molecule has 1 aromatic carbocycles. The van der Waals surface area contributed by atoms with Crippen LogP contribution in [-0.2, 0) is 4.79 Å². The summed E-state index contributed by atoms with van der Waals surface area (Å²) in [5, 5.41) is 1.93.